The minimum absolute atomic E-state index is 0.137. The Morgan fingerprint density at radius 1 is 1.11 bits per heavy atom. The Bertz CT molecular complexity index is 726. The molecule has 27 heavy (non-hydrogen) atoms. The van der Waals surface area contributed by atoms with Gasteiger partial charge in [-0.15, -0.1) is 0 Å². The van der Waals surface area contributed by atoms with Crippen LogP contribution >= 0.6 is 0 Å². The van der Waals surface area contributed by atoms with Gasteiger partial charge in [0.25, 0.3) is 5.91 Å². The van der Waals surface area contributed by atoms with E-state index < -0.39 is 0 Å². The van der Waals surface area contributed by atoms with Crippen LogP contribution in [0, 0.1) is 5.92 Å². The molecule has 1 amide bonds. The zero-order chi connectivity index (χ0) is 19.2. The van der Waals surface area contributed by atoms with Crippen LogP contribution in [0.25, 0.3) is 0 Å². The monoisotopic (exact) mass is 368 g/mol. The summed E-state index contributed by atoms with van der Waals surface area (Å²) in [5.74, 6) is 1.06. The highest BCUT2D eigenvalue weighted by molar-refractivity contribution is 6.04. The average molecular weight is 368 g/mol. The fourth-order valence-electron chi connectivity index (χ4n) is 3.07. The molecule has 1 aromatic heterocycles. The van der Waals surface area contributed by atoms with Gasteiger partial charge >= 0.3 is 0 Å². The van der Waals surface area contributed by atoms with Crippen molar-refractivity contribution >= 4 is 17.4 Å². The summed E-state index contributed by atoms with van der Waals surface area (Å²) in [6, 6.07) is 13.0. The topological polar surface area (TPSA) is 68.7 Å². The molecule has 2 N–H and O–H groups in total. The van der Waals surface area contributed by atoms with Crippen LogP contribution in [0.1, 0.15) is 24.2 Å². The number of anilines is 2. The number of aliphatic hydroxyl groups excluding tert-OH is 1. The normalized spacial score (nSPS) is 16.4. The van der Waals surface area contributed by atoms with E-state index in [1.165, 1.54) is 0 Å². The predicted octanol–water partition coefficient (Wildman–Crippen LogP) is 2.47. The molecule has 3 rings (SSSR count). The first-order valence-corrected chi connectivity index (χ1v) is 9.51. The van der Waals surface area contributed by atoms with Crippen molar-refractivity contribution in [2.45, 2.75) is 20.0 Å². The summed E-state index contributed by atoms with van der Waals surface area (Å²) in [4.78, 5) is 21.2. The van der Waals surface area contributed by atoms with Crippen molar-refractivity contribution in [3.05, 3.63) is 54.2 Å². The number of nitrogens with zero attached hydrogens (tertiary/aromatic N) is 3. The van der Waals surface area contributed by atoms with E-state index in [1.54, 1.807) is 18.3 Å². The molecule has 0 radical (unpaired) electrons. The van der Waals surface area contributed by atoms with Gasteiger partial charge in [0.1, 0.15) is 5.82 Å². The SMILES string of the molecule is CC(C)C(O)CN1CCN(c2ccc(NC(=O)c3ccccc3)cn2)CC1. The maximum Gasteiger partial charge on any atom is 0.255 e. The smallest absolute Gasteiger partial charge is 0.255 e. The third-order valence-corrected chi connectivity index (χ3v) is 4.95. The molecule has 1 unspecified atom stereocenters. The summed E-state index contributed by atoms with van der Waals surface area (Å²) in [6.07, 6.45) is 1.42. The molecule has 1 aliphatic rings. The molecule has 1 atom stereocenters. The Kier molecular flexibility index (Phi) is 6.42. The van der Waals surface area contributed by atoms with E-state index in [4.69, 9.17) is 0 Å². The second kappa shape index (κ2) is 8.97. The maximum absolute atomic E-state index is 12.2. The molecular weight excluding hydrogens is 340 g/mol. The van der Waals surface area contributed by atoms with Crippen LogP contribution in [-0.2, 0) is 0 Å². The van der Waals surface area contributed by atoms with Gasteiger partial charge in [0.05, 0.1) is 18.0 Å². The van der Waals surface area contributed by atoms with Gasteiger partial charge in [-0.3, -0.25) is 9.69 Å². The largest absolute Gasteiger partial charge is 0.392 e. The first kappa shape index (κ1) is 19.3. The Hall–Kier alpha value is -2.44. The van der Waals surface area contributed by atoms with Gasteiger partial charge in [0, 0.05) is 38.3 Å². The number of benzene rings is 1. The van der Waals surface area contributed by atoms with Gasteiger partial charge in [0.15, 0.2) is 0 Å². The van der Waals surface area contributed by atoms with Crippen molar-refractivity contribution in [2.75, 3.05) is 42.9 Å². The van der Waals surface area contributed by atoms with Crippen molar-refractivity contribution in [2.24, 2.45) is 5.92 Å². The number of rotatable bonds is 6. The summed E-state index contributed by atoms with van der Waals surface area (Å²) in [7, 11) is 0. The Balaban J connectivity index is 1.52. The minimum Gasteiger partial charge on any atom is -0.392 e. The highest BCUT2D eigenvalue weighted by Crippen LogP contribution is 2.17. The molecule has 0 spiro atoms. The summed E-state index contributed by atoms with van der Waals surface area (Å²) in [5, 5.41) is 12.9. The molecule has 1 aromatic carbocycles. The number of pyridine rings is 1. The number of hydrogen-bond donors (Lipinski definition) is 2. The predicted molar refractivity (Wildman–Crippen MR) is 108 cm³/mol. The fraction of sp³-hybridized carbons (Fsp3) is 0.429. The molecule has 1 saturated heterocycles. The van der Waals surface area contributed by atoms with Crippen LogP contribution in [0.5, 0.6) is 0 Å². The third kappa shape index (κ3) is 5.28. The van der Waals surface area contributed by atoms with Gasteiger partial charge in [-0.2, -0.15) is 0 Å². The highest BCUT2D eigenvalue weighted by Gasteiger charge is 2.21. The van der Waals surface area contributed by atoms with Crippen molar-refractivity contribution in [3.8, 4) is 0 Å². The van der Waals surface area contributed by atoms with Crippen molar-refractivity contribution < 1.29 is 9.90 Å². The third-order valence-electron chi connectivity index (χ3n) is 4.95. The molecule has 0 bridgehead atoms. The minimum atomic E-state index is -0.276. The van der Waals surface area contributed by atoms with Gasteiger partial charge in [-0.05, 0) is 30.2 Å². The summed E-state index contributed by atoms with van der Waals surface area (Å²) >= 11 is 0. The quantitative estimate of drug-likeness (QED) is 0.820. The lowest BCUT2D eigenvalue weighted by atomic mass is 10.1. The van der Waals surface area contributed by atoms with Gasteiger partial charge < -0.3 is 15.3 Å². The van der Waals surface area contributed by atoms with E-state index in [0.717, 1.165) is 38.5 Å². The summed E-state index contributed by atoms with van der Waals surface area (Å²) in [5.41, 5.74) is 1.31. The number of β-amino-alcohol motifs (C(OH)–C–C–N with tert-alkyl or cyclic N) is 1. The number of amides is 1. The van der Waals surface area contributed by atoms with Gasteiger partial charge in [0.2, 0.25) is 0 Å². The van der Waals surface area contributed by atoms with Gasteiger partial charge in [-0.1, -0.05) is 32.0 Å². The number of hydrogen-bond acceptors (Lipinski definition) is 5. The molecule has 1 fully saturated rings. The second-order valence-electron chi connectivity index (χ2n) is 7.32. The first-order chi connectivity index (χ1) is 13.0. The lowest BCUT2D eigenvalue weighted by Crippen LogP contribution is -2.49. The van der Waals surface area contributed by atoms with E-state index in [0.29, 0.717) is 11.3 Å². The standard InChI is InChI=1S/C21H28N4O2/c1-16(2)19(26)15-24-10-12-25(13-11-24)20-9-8-18(14-22-20)23-21(27)17-6-4-3-5-7-17/h3-9,14,16,19,26H,10-13,15H2,1-2H3,(H,23,27). The molecular formula is C21H28N4O2. The van der Waals surface area contributed by atoms with Crippen LogP contribution < -0.4 is 10.2 Å². The van der Waals surface area contributed by atoms with E-state index in [9.17, 15) is 9.90 Å². The van der Waals surface area contributed by atoms with Crippen molar-refractivity contribution in [1.29, 1.82) is 0 Å². The van der Waals surface area contributed by atoms with E-state index >= 15 is 0 Å². The zero-order valence-corrected chi connectivity index (χ0v) is 16.0. The van der Waals surface area contributed by atoms with E-state index in [-0.39, 0.29) is 17.9 Å². The molecule has 0 saturated carbocycles. The maximum atomic E-state index is 12.2. The first-order valence-electron chi connectivity index (χ1n) is 9.51. The highest BCUT2D eigenvalue weighted by atomic mass is 16.3. The summed E-state index contributed by atoms with van der Waals surface area (Å²) < 4.78 is 0. The van der Waals surface area contributed by atoms with Crippen LogP contribution in [0.15, 0.2) is 48.7 Å². The number of nitrogens with one attached hydrogen (secondary N) is 1. The molecule has 144 valence electrons. The Labute approximate surface area is 160 Å². The van der Waals surface area contributed by atoms with E-state index in [2.05, 4.69) is 20.1 Å². The second-order valence-corrected chi connectivity index (χ2v) is 7.32. The number of carbonyl (C=O) groups excluding carboxylic acids is 1. The number of piperazine rings is 1. The van der Waals surface area contributed by atoms with Crippen molar-refractivity contribution in [1.82, 2.24) is 9.88 Å². The number of carbonyl (C=O) groups is 1. The molecule has 1 aliphatic heterocycles. The van der Waals surface area contributed by atoms with Crippen LogP contribution in [-0.4, -0.2) is 59.7 Å². The van der Waals surface area contributed by atoms with Crippen LogP contribution in [0.3, 0.4) is 0 Å². The number of aliphatic hydroxyl groups is 1. The Morgan fingerprint density at radius 2 is 1.81 bits per heavy atom. The summed E-state index contributed by atoms with van der Waals surface area (Å²) in [6.45, 7) is 8.41. The Morgan fingerprint density at radius 3 is 2.41 bits per heavy atom. The zero-order valence-electron chi connectivity index (χ0n) is 16.0. The van der Waals surface area contributed by atoms with E-state index in [1.807, 2.05) is 44.2 Å². The fourth-order valence-corrected chi connectivity index (χ4v) is 3.07. The molecule has 0 aliphatic carbocycles. The number of aromatic nitrogens is 1. The van der Waals surface area contributed by atoms with Crippen LogP contribution in [0.4, 0.5) is 11.5 Å². The molecule has 2 heterocycles. The molecule has 6 heteroatoms. The lowest BCUT2D eigenvalue weighted by molar-refractivity contribution is 0.0739. The molecule has 2 aromatic rings. The van der Waals surface area contributed by atoms with Gasteiger partial charge in [-0.25, -0.2) is 4.98 Å². The van der Waals surface area contributed by atoms with Crippen LogP contribution in [0.2, 0.25) is 0 Å². The lowest BCUT2D eigenvalue weighted by Gasteiger charge is -2.36. The molecule has 6 nitrogen and oxygen atoms in total. The average Bonchev–Trinajstić information content (AvgIpc) is 2.70. The van der Waals surface area contributed by atoms with Crippen molar-refractivity contribution in [3.63, 3.8) is 0 Å².